The standard InChI is InChI=1S/C19H14N.Al.Y/c1-3-5-9-14(4-2)15-11-8-13-18-19(15)16-10-6-7-12-17(16)20-18;;/h3,5-10,12-13H,1H2,2H3;;/q-3;+1;/b9-5-;;. The summed E-state index contributed by atoms with van der Waals surface area (Å²) in [5.74, 6) is 0. The Labute approximate surface area is 164 Å². The molecule has 0 N–H and O–H groups in total. The Morgan fingerprint density at radius 3 is 2.77 bits per heavy atom. The molecule has 0 bridgehead atoms. The molecule has 1 nitrogen and oxygen atoms in total. The van der Waals surface area contributed by atoms with E-state index in [1.165, 1.54) is 21.8 Å². The molecule has 2 aromatic carbocycles. The van der Waals surface area contributed by atoms with Gasteiger partial charge in [0.2, 0.25) is 0 Å². The van der Waals surface area contributed by atoms with Crippen molar-refractivity contribution in [1.82, 2.24) is 3.55 Å². The summed E-state index contributed by atoms with van der Waals surface area (Å²) in [5, 5.41) is 2.44. The quantitative estimate of drug-likeness (QED) is 0.363. The van der Waals surface area contributed by atoms with E-state index in [0.717, 1.165) is 11.1 Å². The number of hydrogen-bond acceptors (Lipinski definition) is 0. The van der Waals surface area contributed by atoms with Gasteiger partial charge in [0, 0.05) is 38.2 Å². The maximum atomic E-state index is 3.73. The van der Waals surface area contributed by atoms with Gasteiger partial charge in [-0.3, -0.25) is 11.6 Å². The van der Waals surface area contributed by atoms with Crippen molar-refractivity contribution in [2.45, 2.75) is 6.92 Å². The number of benzene rings is 2. The van der Waals surface area contributed by atoms with Crippen LogP contribution in [0.5, 0.6) is 0 Å². The average molecular weight is 372 g/mol. The molecule has 22 heavy (non-hydrogen) atoms. The van der Waals surface area contributed by atoms with Crippen molar-refractivity contribution in [3.8, 4) is 0 Å². The summed E-state index contributed by atoms with van der Waals surface area (Å²) in [6, 6.07) is 15.8. The Morgan fingerprint density at radius 2 is 2.05 bits per heavy atom. The Balaban J connectivity index is 0.00000176. The molecule has 3 radical (unpaired) electrons. The van der Waals surface area contributed by atoms with E-state index in [0.29, 0.717) is 0 Å². The summed E-state index contributed by atoms with van der Waals surface area (Å²) in [5.41, 5.74) is 4.48. The van der Waals surface area contributed by atoms with Gasteiger partial charge in [-0.05, 0) is 11.5 Å². The van der Waals surface area contributed by atoms with E-state index in [2.05, 4.69) is 69.1 Å². The minimum Gasteiger partial charge on any atom is -0.467 e. The van der Waals surface area contributed by atoms with Crippen LogP contribution in [0.25, 0.3) is 27.4 Å². The van der Waals surface area contributed by atoms with Gasteiger partial charge < -0.3 is 3.55 Å². The number of fused-ring (bicyclic) bond motifs is 3. The van der Waals surface area contributed by atoms with Crippen LogP contribution in [0.2, 0.25) is 0 Å². The zero-order valence-electron chi connectivity index (χ0n) is 12.5. The van der Waals surface area contributed by atoms with Gasteiger partial charge in [0.15, 0.2) is 0 Å². The Bertz CT molecular complexity index is 887. The number of hydrogen-bond donors (Lipinski definition) is 0. The molecule has 3 aromatic rings. The summed E-state index contributed by atoms with van der Waals surface area (Å²) in [6.07, 6.45) is 8.98. The molecule has 3 rings (SSSR count). The van der Waals surface area contributed by atoms with Crippen molar-refractivity contribution in [2.24, 2.45) is 0 Å². The first kappa shape index (κ1) is 17.5. The van der Waals surface area contributed by atoms with E-state index in [1.54, 1.807) is 6.08 Å². The monoisotopic (exact) mass is 372 g/mol. The molecule has 1 heterocycles. The molecule has 0 saturated carbocycles. The van der Waals surface area contributed by atoms with Gasteiger partial charge in [-0.15, -0.1) is 31.0 Å². The zero-order valence-corrected chi connectivity index (χ0v) is 16.5. The largest absolute Gasteiger partial charge is 0.467 e. The smallest absolute Gasteiger partial charge is 0.315 e. The number of allylic oxidation sites excluding steroid dienone is 5. The molecule has 0 saturated heterocycles. The first-order chi connectivity index (χ1) is 10.3. The average Bonchev–Trinajstić information content (AvgIpc) is 2.82. The molecule has 1 aromatic heterocycles. The third-order valence-electron chi connectivity index (χ3n) is 3.61. The fraction of sp³-hybridized carbons (Fsp3) is 0.0526. The molecular weight excluding hydrogens is 358 g/mol. The van der Waals surface area contributed by atoms with Crippen molar-refractivity contribution in [1.29, 1.82) is 0 Å². The first-order valence-corrected chi connectivity index (χ1v) is 7.32. The van der Waals surface area contributed by atoms with Gasteiger partial charge >= 0.3 is 16.5 Å². The fourth-order valence-corrected chi connectivity index (χ4v) is 3.09. The van der Waals surface area contributed by atoms with Gasteiger partial charge in [-0.25, -0.2) is 17.7 Å². The summed E-state index contributed by atoms with van der Waals surface area (Å²) in [4.78, 5) is 0. The van der Waals surface area contributed by atoms with Crippen molar-refractivity contribution < 1.29 is 32.7 Å². The minimum atomic E-state index is 0. The van der Waals surface area contributed by atoms with Crippen molar-refractivity contribution in [3.63, 3.8) is 0 Å². The van der Waals surface area contributed by atoms with E-state index < -0.39 is 0 Å². The molecule has 0 spiro atoms. The van der Waals surface area contributed by atoms with Gasteiger partial charge in [-0.2, -0.15) is 6.07 Å². The molecule has 0 amide bonds. The van der Waals surface area contributed by atoms with Crippen LogP contribution < -0.4 is 0 Å². The van der Waals surface area contributed by atoms with E-state index >= 15 is 0 Å². The number of rotatable bonds is 3. The van der Waals surface area contributed by atoms with Crippen LogP contribution in [-0.4, -0.2) is 20.1 Å². The predicted octanol–water partition coefficient (Wildman–Crippen LogP) is 4.47. The third-order valence-corrected chi connectivity index (χ3v) is 4.16. The maximum Gasteiger partial charge on any atom is 0.315 e. The van der Waals surface area contributed by atoms with Crippen LogP contribution in [-0.2, 0) is 32.7 Å². The Kier molecular flexibility index (Phi) is 6.01. The molecule has 0 aliphatic carbocycles. The summed E-state index contributed by atoms with van der Waals surface area (Å²) in [7, 11) is 0. The summed E-state index contributed by atoms with van der Waals surface area (Å²) < 4.78 is 2.15. The second-order valence-electron chi connectivity index (χ2n) is 4.76. The predicted molar refractivity (Wildman–Crippen MR) is 91.1 cm³/mol. The molecule has 0 fully saturated rings. The fourth-order valence-electron chi connectivity index (χ4n) is 2.65. The molecule has 103 valence electrons. The molecule has 0 aliphatic heterocycles. The first-order valence-electron chi connectivity index (χ1n) is 6.81. The van der Waals surface area contributed by atoms with Crippen LogP contribution in [0, 0.1) is 12.1 Å². The summed E-state index contributed by atoms with van der Waals surface area (Å²) >= 11 is 2.79. The second kappa shape index (κ2) is 7.58. The topological polar surface area (TPSA) is 4.93 Å². The molecule has 0 aliphatic rings. The van der Waals surface area contributed by atoms with Gasteiger partial charge in [0.1, 0.15) is 0 Å². The molecule has 0 atom stereocenters. The van der Waals surface area contributed by atoms with Crippen LogP contribution in [0.4, 0.5) is 0 Å². The Hall–Kier alpha value is -0.904. The van der Waals surface area contributed by atoms with E-state index in [4.69, 9.17) is 0 Å². The zero-order chi connectivity index (χ0) is 14.8. The van der Waals surface area contributed by atoms with Gasteiger partial charge in [0.05, 0.1) is 0 Å². The molecular formula is C19H14AlNY-2. The number of nitrogens with zero attached hydrogens (tertiary/aromatic N) is 1. The maximum absolute atomic E-state index is 3.73. The van der Waals surface area contributed by atoms with Crippen LogP contribution >= 0.6 is 0 Å². The normalized spacial score (nSPS) is 12.0. The number of para-hydroxylation sites is 1. The van der Waals surface area contributed by atoms with Crippen molar-refractivity contribution in [2.75, 3.05) is 0 Å². The van der Waals surface area contributed by atoms with Crippen LogP contribution in [0.1, 0.15) is 12.5 Å². The minimum absolute atomic E-state index is 0. The van der Waals surface area contributed by atoms with Crippen molar-refractivity contribution in [3.05, 3.63) is 78.9 Å². The van der Waals surface area contributed by atoms with Crippen molar-refractivity contribution >= 4 is 43.9 Å². The Morgan fingerprint density at radius 1 is 1.27 bits per heavy atom. The van der Waals surface area contributed by atoms with E-state index in [9.17, 15) is 0 Å². The second-order valence-corrected chi connectivity index (χ2v) is 5.27. The third kappa shape index (κ3) is 2.94. The van der Waals surface area contributed by atoms with Gasteiger partial charge in [0.25, 0.3) is 0 Å². The number of aromatic nitrogens is 1. The van der Waals surface area contributed by atoms with Crippen LogP contribution in [0.3, 0.4) is 0 Å². The van der Waals surface area contributed by atoms with Crippen LogP contribution in [0.15, 0.2) is 61.2 Å². The van der Waals surface area contributed by atoms with E-state index in [-0.39, 0.29) is 32.7 Å². The van der Waals surface area contributed by atoms with Gasteiger partial charge in [-0.1, -0.05) is 29.8 Å². The summed E-state index contributed by atoms with van der Waals surface area (Å²) in [6.45, 7) is 5.66. The SMILES string of the molecule is C=C/C=C\C(=[C-]C)c1[c-]ccc2c1c1ccccc1[n]2[Al].[Y]. The molecule has 3 heteroatoms. The molecule has 0 unspecified atom stereocenters. The van der Waals surface area contributed by atoms with E-state index in [1.807, 2.05) is 25.1 Å².